The predicted octanol–water partition coefficient (Wildman–Crippen LogP) is 3.11. The van der Waals surface area contributed by atoms with E-state index in [2.05, 4.69) is 10.3 Å². The summed E-state index contributed by atoms with van der Waals surface area (Å²) in [5, 5.41) is 2.84. The van der Waals surface area contributed by atoms with Crippen molar-refractivity contribution in [2.75, 3.05) is 0 Å². The average molecular weight is 502 g/mol. The summed E-state index contributed by atoms with van der Waals surface area (Å²) in [7, 11) is 0. The molecule has 0 saturated heterocycles. The topological polar surface area (TPSA) is 107 Å². The number of amides is 1. The van der Waals surface area contributed by atoms with Gasteiger partial charge < -0.3 is 14.5 Å². The van der Waals surface area contributed by atoms with Gasteiger partial charge in [0.05, 0.1) is 6.04 Å². The zero-order valence-corrected chi connectivity index (χ0v) is 20.7. The number of benzene rings is 2. The van der Waals surface area contributed by atoms with Crippen LogP contribution in [0.4, 0.5) is 0 Å². The van der Waals surface area contributed by atoms with Gasteiger partial charge in [0, 0.05) is 11.6 Å². The number of ketones is 1. The molecule has 0 fully saturated rings. The molecule has 37 heavy (non-hydrogen) atoms. The van der Waals surface area contributed by atoms with Crippen LogP contribution >= 0.6 is 0 Å². The fourth-order valence-corrected chi connectivity index (χ4v) is 3.82. The number of pyridine rings is 1. The van der Waals surface area contributed by atoms with Crippen molar-refractivity contribution in [1.82, 2.24) is 15.0 Å². The number of carbonyl (C=O) groups is 2. The smallest absolute Gasteiger partial charge is 0.454 e. The molecular formula is C28H29N4O5+. The minimum Gasteiger partial charge on any atom is -0.489 e. The molecular weight excluding hydrogens is 472 g/mol. The SMILES string of the molecule is CC(C)C[C@H](NC(=O)c1cccc(OCc2ccccc2)c1)C(=O)Cn1c(=O)oc[n+]1-c1ccccn1. The van der Waals surface area contributed by atoms with Crippen molar-refractivity contribution in [2.45, 2.75) is 39.5 Å². The quantitative estimate of drug-likeness (QED) is 0.317. The lowest BCUT2D eigenvalue weighted by Crippen LogP contribution is -2.50. The highest BCUT2D eigenvalue weighted by Gasteiger charge is 2.27. The Balaban J connectivity index is 1.47. The van der Waals surface area contributed by atoms with Crippen molar-refractivity contribution in [3.63, 3.8) is 0 Å². The molecule has 9 heteroatoms. The van der Waals surface area contributed by atoms with Gasteiger partial charge in [0.15, 0.2) is 5.78 Å². The maximum Gasteiger partial charge on any atom is 0.454 e. The second-order valence-corrected chi connectivity index (χ2v) is 9.00. The minimum atomic E-state index is -0.805. The van der Waals surface area contributed by atoms with E-state index in [0.29, 0.717) is 30.2 Å². The molecule has 0 aliphatic carbocycles. The second-order valence-electron chi connectivity index (χ2n) is 9.00. The summed E-state index contributed by atoms with van der Waals surface area (Å²) in [6, 6.07) is 20.9. The third-order valence-corrected chi connectivity index (χ3v) is 5.66. The minimum absolute atomic E-state index is 0.124. The maximum atomic E-state index is 13.3. The van der Waals surface area contributed by atoms with E-state index >= 15 is 0 Å². The van der Waals surface area contributed by atoms with Crippen molar-refractivity contribution in [3.05, 3.63) is 107 Å². The predicted molar refractivity (Wildman–Crippen MR) is 135 cm³/mol. The van der Waals surface area contributed by atoms with Gasteiger partial charge in [-0.05, 0) is 47.2 Å². The number of nitrogens with one attached hydrogen (secondary N) is 1. The number of rotatable bonds is 11. The van der Waals surface area contributed by atoms with Crippen LogP contribution in [0.15, 0.2) is 94.6 Å². The molecule has 0 saturated carbocycles. The molecule has 1 amide bonds. The molecule has 0 spiro atoms. The van der Waals surface area contributed by atoms with Gasteiger partial charge in [-0.2, -0.15) is 0 Å². The largest absolute Gasteiger partial charge is 0.489 e. The Morgan fingerprint density at radius 2 is 1.84 bits per heavy atom. The molecule has 0 radical (unpaired) electrons. The van der Waals surface area contributed by atoms with Crippen LogP contribution in [0.2, 0.25) is 0 Å². The molecule has 2 heterocycles. The lowest BCUT2D eigenvalue weighted by Gasteiger charge is -2.19. The van der Waals surface area contributed by atoms with Crippen LogP contribution in [0.5, 0.6) is 5.75 Å². The van der Waals surface area contributed by atoms with Crippen molar-refractivity contribution in [1.29, 1.82) is 0 Å². The highest BCUT2D eigenvalue weighted by molar-refractivity contribution is 5.98. The number of ether oxygens (including phenoxy) is 1. The van der Waals surface area contributed by atoms with Crippen LogP contribution in [0.1, 0.15) is 36.2 Å². The molecule has 1 atom stereocenters. The summed E-state index contributed by atoms with van der Waals surface area (Å²) in [6.07, 6.45) is 3.19. The number of hydrogen-bond donors (Lipinski definition) is 1. The van der Waals surface area contributed by atoms with Gasteiger partial charge in [0.25, 0.3) is 12.3 Å². The summed E-state index contributed by atoms with van der Waals surface area (Å²) in [4.78, 5) is 42.9. The van der Waals surface area contributed by atoms with Crippen molar-refractivity contribution >= 4 is 11.7 Å². The Hall–Kier alpha value is -4.53. The Labute approximate surface area is 214 Å². The molecule has 2 aromatic carbocycles. The van der Waals surface area contributed by atoms with Crippen LogP contribution in [-0.4, -0.2) is 27.4 Å². The summed E-state index contributed by atoms with van der Waals surface area (Å²) < 4.78 is 13.4. The van der Waals surface area contributed by atoms with Gasteiger partial charge >= 0.3 is 11.6 Å². The Kier molecular flexibility index (Phi) is 8.25. The lowest BCUT2D eigenvalue weighted by molar-refractivity contribution is -0.692. The Morgan fingerprint density at radius 1 is 1.05 bits per heavy atom. The first-order chi connectivity index (χ1) is 17.9. The van der Waals surface area contributed by atoms with Gasteiger partial charge in [-0.15, -0.1) is 4.68 Å². The van der Waals surface area contributed by atoms with E-state index < -0.39 is 17.7 Å². The first kappa shape index (κ1) is 25.6. The molecule has 0 unspecified atom stereocenters. The van der Waals surface area contributed by atoms with E-state index in [0.717, 1.165) is 10.2 Å². The zero-order chi connectivity index (χ0) is 26.2. The van der Waals surface area contributed by atoms with Crippen LogP contribution in [-0.2, 0) is 17.9 Å². The number of hydrogen-bond acceptors (Lipinski definition) is 6. The standard InChI is InChI=1S/C28H28N4O5/c1-20(2)15-24(25(33)17-31-28(35)37-19-32(31)26-13-6-7-14-29-26)30-27(34)22-11-8-12-23(16-22)36-18-21-9-4-3-5-10-21/h3-14,16,19-20,24H,15,17-18H2,1-2H3/p+1/t24-/m0/s1. The first-order valence-corrected chi connectivity index (χ1v) is 12.0. The Morgan fingerprint density at radius 3 is 2.57 bits per heavy atom. The van der Waals surface area contributed by atoms with Crippen LogP contribution in [0.25, 0.3) is 5.82 Å². The lowest BCUT2D eigenvalue weighted by atomic mass is 9.99. The fraction of sp³-hybridized carbons (Fsp3) is 0.250. The summed E-state index contributed by atoms with van der Waals surface area (Å²) >= 11 is 0. The fourth-order valence-electron chi connectivity index (χ4n) is 3.82. The molecule has 0 aliphatic rings. The first-order valence-electron chi connectivity index (χ1n) is 12.0. The summed E-state index contributed by atoms with van der Waals surface area (Å²) in [5.74, 6) is -0.328. The molecule has 0 aliphatic heterocycles. The molecule has 4 aromatic rings. The van der Waals surface area contributed by atoms with E-state index in [1.165, 1.54) is 11.1 Å². The molecule has 0 bridgehead atoms. The molecule has 1 N–H and O–H groups in total. The van der Waals surface area contributed by atoms with E-state index in [1.807, 2.05) is 44.2 Å². The van der Waals surface area contributed by atoms with Gasteiger partial charge in [0.1, 0.15) is 25.1 Å². The van der Waals surface area contributed by atoms with Crippen LogP contribution < -0.4 is 20.5 Å². The van der Waals surface area contributed by atoms with Crippen LogP contribution in [0.3, 0.4) is 0 Å². The van der Waals surface area contributed by atoms with E-state index in [4.69, 9.17) is 9.15 Å². The third-order valence-electron chi connectivity index (χ3n) is 5.66. The summed E-state index contributed by atoms with van der Waals surface area (Å²) in [5.41, 5.74) is 1.38. The third kappa shape index (κ3) is 6.78. The van der Waals surface area contributed by atoms with Gasteiger partial charge in [-0.3, -0.25) is 9.59 Å². The number of nitrogens with zero attached hydrogens (tertiary/aromatic N) is 3. The number of carbonyl (C=O) groups excluding carboxylic acids is 2. The highest BCUT2D eigenvalue weighted by atomic mass is 16.5. The normalized spacial score (nSPS) is 11.8. The van der Waals surface area contributed by atoms with Gasteiger partial charge in [0.2, 0.25) is 0 Å². The molecule has 2 aromatic heterocycles. The maximum absolute atomic E-state index is 13.3. The number of Topliss-reactive ketones (excluding diaryl/α,β-unsaturated/α-hetero) is 1. The van der Waals surface area contributed by atoms with Gasteiger partial charge in [-0.1, -0.05) is 61.0 Å². The second kappa shape index (κ2) is 11.9. The van der Waals surface area contributed by atoms with Crippen LogP contribution in [0, 0.1) is 5.92 Å². The van der Waals surface area contributed by atoms with E-state index in [1.54, 1.807) is 48.7 Å². The average Bonchev–Trinajstić information content (AvgIpc) is 3.27. The molecule has 9 nitrogen and oxygen atoms in total. The van der Waals surface area contributed by atoms with E-state index in [9.17, 15) is 14.4 Å². The zero-order valence-electron chi connectivity index (χ0n) is 20.7. The molecule has 4 rings (SSSR count). The summed E-state index contributed by atoms with van der Waals surface area (Å²) in [6.45, 7) is 4.00. The molecule has 190 valence electrons. The number of aromatic nitrogens is 3. The van der Waals surface area contributed by atoms with Crippen molar-refractivity contribution in [3.8, 4) is 11.6 Å². The Bertz CT molecular complexity index is 1400. The van der Waals surface area contributed by atoms with Crippen molar-refractivity contribution in [2.24, 2.45) is 5.92 Å². The highest BCUT2D eigenvalue weighted by Crippen LogP contribution is 2.16. The van der Waals surface area contributed by atoms with Crippen molar-refractivity contribution < 1.29 is 23.4 Å². The van der Waals surface area contributed by atoms with Gasteiger partial charge in [-0.25, -0.2) is 4.79 Å². The van der Waals surface area contributed by atoms with E-state index in [-0.39, 0.29) is 18.2 Å². The monoisotopic (exact) mass is 501 g/mol.